The molecule has 2 heterocycles. The molecular formula is C23H23N5O5. The maximum Gasteiger partial charge on any atom is 0.330 e. The smallest absolute Gasteiger partial charge is 0.330 e. The molecule has 2 aromatic carbocycles. The van der Waals surface area contributed by atoms with Gasteiger partial charge in [0.1, 0.15) is 11.6 Å². The number of benzene rings is 2. The zero-order valence-electron chi connectivity index (χ0n) is 18.3. The van der Waals surface area contributed by atoms with Crippen LogP contribution >= 0.6 is 0 Å². The summed E-state index contributed by atoms with van der Waals surface area (Å²) in [6, 6.07) is 13.4. The molecule has 0 saturated heterocycles. The number of hydrogen-bond acceptors (Lipinski definition) is 6. The number of ether oxygens (including phenoxy) is 1. The molecule has 0 radical (unpaired) electrons. The highest BCUT2D eigenvalue weighted by molar-refractivity contribution is 5.77. The zero-order valence-corrected chi connectivity index (χ0v) is 18.3. The molecular weight excluding hydrogens is 426 g/mol. The number of aromatic amines is 1. The van der Waals surface area contributed by atoms with Gasteiger partial charge in [0, 0.05) is 29.8 Å². The molecule has 0 fully saturated rings. The summed E-state index contributed by atoms with van der Waals surface area (Å²) in [4.78, 5) is 43.4. The molecule has 0 saturated carbocycles. The number of aromatic nitrogens is 4. The normalized spacial score (nSPS) is 11.1. The number of nitrogens with one attached hydrogen (secondary N) is 1. The molecule has 10 nitrogen and oxygen atoms in total. The number of aryl methyl sites for hydroxylation is 1. The van der Waals surface area contributed by atoms with E-state index in [9.17, 15) is 19.7 Å². The van der Waals surface area contributed by atoms with Crippen LogP contribution < -0.4 is 16.0 Å². The minimum Gasteiger partial charge on any atom is -0.496 e. The van der Waals surface area contributed by atoms with E-state index in [1.165, 1.54) is 16.7 Å². The highest BCUT2D eigenvalue weighted by atomic mass is 16.6. The van der Waals surface area contributed by atoms with Gasteiger partial charge in [-0.2, -0.15) is 0 Å². The first-order valence-electron chi connectivity index (χ1n) is 10.5. The molecule has 33 heavy (non-hydrogen) atoms. The van der Waals surface area contributed by atoms with Gasteiger partial charge in [-0.1, -0.05) is 43.7 Å². The van der Waals surface area contributed by atoms with Crippen LogP contribution in [0.15, 0.2) is 58.1 Å². The molecule has 170 valence electrons. The Balaban J connectivity index is 2.03. The van der Waals surface area contributed by atoms with Crippen LogP contribution in [-0.2, 0) is 13.1 Å². The predicted octanol–water partition coefficient (Wildman–Crippen LogP) is 3.32. The van der Waals surface area contributed by atoms with Crippen LogP contribution in [0.5, 0.6) is 5.75 Å². The number of rotatable bonds is 8. The van der Waals surface area contributed by atoms with Gasteiger partial charge < -0.3 is 9.30 Å². The molecule has 0 aliphatic carbocycles. The van der Waals surface area contributed by atoms with Crippen LogP contribution in [0.1, 0.15) is 25.3 Å². The van der Waals surface area contributed by atoms with E-state index in [1.54, 1.807) is 23.8 Å². The number of nitro benzene ring substituents is 1. The largest absolute Gasteiger partial charge is 0.496 e. The third-order valence-corrected chi connectivity index (χ3v) is 5.46. The fraction of sp³-hybridized carbons (Fsp3) is 0.261. The van der Waals surface area contributed by atoms with Crippen molar-refractivity contribution >= 4 is 16.9 Å². The molecule has 1 N–H and O–H groups in total. The lowest BCUT2D eigenvalue weighted by atomic mass is 10.1. The fourth-order valence-corrected chi connectivity index (χ4v) is 3.83. The third-order valence-electron chi connectivity index (χ3n) is 5.46. The molecule has 0 aliphatic rings. The number of fused-ring (bicyclic) bond motifs is 1. The lowest BCUT2D eigenvalue weighted by molar-refractivity contribution is -0.384. The lowest BCUT2D eigenvalue weighted by Gasteiger charge is -2.12. The van der Waals surface area contributed by atoms with Crippen molar-refractivity contribution < 1.29 is 9.66 Å². The Hall–Kier alpha value is -4.21. The first kappa shape index (κ1) is 22.0. The number of para-hydroxylation sites is 1. The fourth-order valence-electron chi connectivity index (χ4n) is 3.83. The van der Waals surface area contributed by atoms with Gasteiger partial charge in [0.25, 0.3) is 11.2 Å². The first-order valence-corrected chi connectivity index (χ1v) is 10.5. The van der Waals surface area contributed by atoms with Gasteiger partial charge in [0.15, 0.2) is 11.2 Å². The standard InChI is InChI=1S/C23H23N5O5/c1-3-4-12-26-21-19(22(29)25-23(26)30)27(14-16-8-5-6-11-18(16)33-2)20(24-21)15-9-7-10-17(13-15)28(31)32/h5-11,13H,3-4,12,14H2,1-2H3,(H,25,29,30). The van der Waals surface area contributed by atoms with E-state index in [1.807, 2.05) is 31.2 Å². The second kappa shape index (κ2) is 9.11. The number of nitrogens with zero attached hydrogens (tertiary/aromatic N) is 4. The number of non-ortho nitro benzene ring substituents is 1. The minimum absolute atomic E-state index is 0.0966. The monoisotopic (exact) mass is 449 g/mol. The van der Waals surface area contributed by atoms with E-state index in [4.69, 9.17) is 4.74 Å². The Bertz CT molecular complexity index is 1450. The van der Waals surface area contributed by atoms with Crippen LogP contribution in [0.4, 0.5) is 5.69 Å². The van der Waals surface area contributed by atoms with Crippen LogP contribution in [0.2, 0.25) is 0 Å². The second-order valence-corrected chi connectivity index (χ2v) is 7.58. The Kier molecular flexibility index (Phi) is 6.07. The predicted molar refractivity (Wildman–Crippen MR) is 124 cm³/mol. The van der Waals surface area contributed by atoms with Crippen molar-refractivity contribution in [3.63, 3.8) is 0 Å². The lowest BCUT2D eigenvalue weighted by Crippen LogP contribution is -2.31. The minimum atomic E-state index is -0.568. The number of H-pyrrole nitrogens is 1. The average Bonchev–Trinajstić information content (AvgIpc) is 3.19. The van der Waals surface area contributed by atoms with E-state index in [-0.39, 0.29) is 23.4 Å². The molecule has 4 aromatic rings. The highest BCUT2D eigenvalue weighted by Gasteiger charge is 2.21. The summed E-state index contributed by atoms with van der Waals surface area (Å²) in [5, 5.41) is 11.3. The van der Waals surface area contributed by atoms with Gasteiger partial charge >= 0.3 is 5.69 Å². The summed E-state index contributed by atoms with van der Waals surface area (Å²) >= 11 is 0. The highest BCUT2D eigenvalue weighted by Crippen LogP contribution is 2.28. The van der Waals surface area contributed by atoms with Gasteiger partial charge in [-0.25, -0.2) is 9.78 Å². The third kappa shape index (κ3) is 4.14. The van der Waals surface area contributed by atoms with Crippen molar-refractivity contribution in [2.45, 2.75) is 32.9 Å². The summed E-state index contributed by atoms with van der Waals surface area (Å²) in [5.41, 5.74) is 0.517. The number of hydrogen-bond donors (Lipinski definition) is 1. The molecule has 0 amide bonds. The van der Waals surface area contributed by atoms with E-state index in [0.29, 0.717) is 23.7 Å². The Morgan fingerprint density at radius 3 is 2.64 bits per heavy atom. The summed E-state index contributed by atoms with van der Waals surface area (Å²) < 4.78 is 8.58. The summed E-state index contributed by atoms with van der Waals surface area (Å²) in [5.74, 6) is 0.973. The molecule has 0 bridgehead atoms. The Labute approximate surface area is 188 Å². The number of imidazole rings is 1. The van der Waals surface area contributed by atoms with Crippen LogP contribution in [-0.4, -0.2) is 31.1 Å². The van der Waals surface area contributed by atoms with Crippen LogP contribution in [0.25, 0.3) is 22.6 Å². The van der Waals surface area contributed by atoms with E-state index in [2.05, 4.69) is 9.97 Å². The summed E-state index contributed by atoms with van der Waals surface area (Å²) in [7, 11) is 1.56. The van der Waals surface area contributed by atoms with Gasteiger partial charge in [0.05, 0.1) is 18.6 Å². The number of nitro groups is 1. The van der Waals surface area contributed by atoms with Gasteiger partial charge in [-0.15, -0.1) is 0 Å². The summed E-state index contributed by atoms with van der Waals surface area (Å²) in [6.45, 7) is 2.61. The van der Waals surface area contributed by atoms with Gasteiger partial charge in [-0.3, -0.25) is 24.5 Å². The number of methoxy groups -OCH3 is 1. The van der Waals surface area contributed by atoms with Crippen LogP contribution in [0, 0.1) is 10.1 Å². The van der Waals surface area contributed by atoms with E-state index >= 15 is 0 Å². The maximum atomic E-state index is 12.9. The van der Waals surface area contributed by atoms with Crippen molar-refractivity contribution in [1.29, 1.82) is 0 Å². The maximum absolute atomic E-state index is 12.9. The van der Waals surface area contributed by atoms with E-state index < -0.39 is 16.2 Å². The first-order chi connectivity index (χ1) is 15.9. The average molecular weight is 449 g/mol. The molecule has 2 aromatic heterocycles. The van der Waals surface area contributed by atoms with Crippen LogP contribution in [0.3, 0.4) is 0 Å². The Morgan fingerprint density at radius 1 is 1.12 bits per heavy atom. The van der Waals surface area contributed by atoms with Gasteiger partial charge in [-0.05, 0) is 12.5 Å². The summed E-state index contributed by atoms with van der Waals surface area (Å²) in [6.07, 6.45) is 1.58. The van der Waals surface area contributed by atoms with Crippen molar-refractivity contribution in [3.05, 3.63) is 85.0 Å². The Morgan fingerprint density at radius 2 is 1.91 bits per heavy atom. The zero-order chi connectivity index (χ0) is 23.5. The molecule has 0 unspecified atom stereocenters. The molecule has 0 aliphatic heterocycles. The molecule has 4 rings (SSSR count). The van der Waals surface area contributed by atoms with Crippen molar-refractivity contribution in [1.82, 2.24) is 19.1 Å². The molecule has 0 spiro atoms. The SMILES string of the molecule is CCCCn1c(=O)[nH]c(=O)c2c1nc(-c1cccc([N+](=O)[O-])c1)n2Cc1ccccc1OC. The van der Waals surface area contributed by atoms with Gasteiger partial charge in [0.2, 0.25) is 0 Å². The molecule has 10 heteroatoms. The topological polar surface area (TPSA) is 125 Å². The number of unbranched alkanes of at least 4 members (excludes halogenated alkanes) is 1. The van der Waals surface area contributed by atoms with Crippen molar-refractivity contribution in [2.24, 2.45) is 0 Å². The second-order valence-electron chi connectivity index (χ2n) is 7.58. The quantitative estimate of drug-likeness (QED) is 0.325. The molecule has 0 atom stereocenters. The van der Waals surface area contributed by atoms with E-state index in [0.717, 1.165) is 18.4 Å². The van der Waals surface area contributed by atoms with Crippen molar-refractivity contribution in [3.8, 4) is 17.1 Å². The van der Waals surface area contributed by atoms with Crippen molar-refractivity contribution in [2.75, 3.05) is 7.11 Å².